The highest BCUT2D eigenvalue weighted by molar-refractivity contribution is 6.30. The van der Waals surface area contributed by atoms with E-state index in [9.17, 15) is 0 Å². The zero-order chi connectivity index (χ0) is 13.7. The predicted octanol–water partition coefficient (Wildman–Crippen LogP) is 6.03. The lowest BCUT2D eigenvalue weighted by molar-refractivity contribution is 0.574. The third kappa shape index (κ3) is 4.11. The van der Waals surface area contributed by atoms with Crippen LogP contribution in [0.3, 0.4) is 0 Å². The van der Waals surface area contributed by atoms with Crippen molar-refractivity contribution in [2.45, 2.75) is 38.5 Å². The van der Waals surface area contributed by atoms with Crippen molar-refractivity contribution in [1.29, 1.82) is 0 Å². The lowest BCUT2D eigenvalue weighted by atomic mass is 9.89. The summed E-state index contributed by atoms with van der Waals surface area (Å²) in [6, 6.07) is 19.0. The minimum Gasteiger partial charge on any atom is -0.0843 e. The van der Waals surface area contributed by atoms with E-state index in [-0.39, 0.29) is 0 Å². The molecular weight excluding hydrogens is 252 g/mol. The summed E-state index contributed by atoms with van der Waals surface area (Å²) in [7, 11) is 0. The molecule has 19 heavy (non-hydrogen) atoms. The average Bonchev–Trinajstić information content (AvgIpc) is 2.46. The molecule has 2 atom stereocenters. The molecule has 0 fully saturated rings. The van der Waals surface area contributed by atoms with Crippen LogP contribution >= 0.6 is 11.6 Å². The molecule has 0 aromatic heterocycles. The first-order chi connectivity index (χ1) is 9.16. The Morgan fingerprint density at radius 2 is 1.21 bits per heavy atom. The fraction of sp³-hybridized carbons (Fsp3) is 0.333. The molecule has 0 radical (unpaired) electrons. The Morgan fingerprint density at radius 1 is 0.737 bits per heavy atom. The second-order valence-electron chi connectivity index (χ2n) is 5.34. The Bertz CT molecular complexity index is 487. The molecule has 100 valence electrons. The van der Waals surface area contributed by atoms with E-state index in [4.69, 9.17) is 11.6 Å². The van der Waals surface area contributed by atoms with E-state index in [1.807, 2.05) is 12.1 Å². The monoisotopic (exact) mass is 272 g/mol. The zero-order valence-electron chi connectivity index (χ0n) is 11.6. The SMILES string of the molecule is CC(CCC(C)c1ccc(Cl)cc1)c1ccccc1. The van der Waals surface area contributed by atoms with Crippen LogP contribution in [0.1, 0.15) is 49.7 Å². The van der Waals surface area contributed by atoms with E-state index < -0.39 is 0 Å². The molecule has 0 heterocycles. The second kappa shape index (κ2) is 6.77. The maximum atomic E-state index is 5.92. The van der Waals surface area contributed by atoms with Crippen LogP contribution in [0.2, 0.25) is 5.02 Å². The molecule has 0 aliphatic rings. The summed E-state index contributed by atoms with van der Waals surface area (Å²) >= 11 is 5.92. The Morgan fingerprint density at radius 3 is 1.74 bits per heavy atom. The van der Waals surface area contributed by atoms with Crippen LogP contribution in [0.25, 0.3) is 0 Å². The van der Waals surface area contributed by atoms with Crippen LogP contribution in [0, 0.1) is 0 Å². The van der Waals surface area contributed by atoms with Crippen molar-refractivity contribution < 1.29 is 0 Å². The summed E-state index contributed by atoms with van der Waals surface area (Å²) in [5, 5.41) is 0.814. The summed E-state index contributed by atoms with van der Waals surface area (Å²) in [6.07, 6.45) is 2.42. The number of halogens is 1. The molecule has 0 aliphatic heterocycles. The van der Waals surface area contributed by atoms with Crippen molar-refractivity contribution in [2.75, 3.05) is 0 Å². The summed E-state index contributed by atoms with van der Waals surface area (Å²) < 4.78 is 0. The van der Waals surface area contributed by atoms with Gasteiger partial charge in [0.15, 0.2) is 0 Å². The normalized spacial score (nSPS) is 14.1. The Balaban J connectivity index is 1.90. The first-order valence-electron chi connectivity index (χ1n) is 6.97. The minimum atomic E-state index is 0.587. The zero-order valence-corrected chi connectivity index (χ0v) is 12.4. The number of hydrogen-bond acceptors (Lipinski definition) is 0. The number of rotatable bonds is 5. The first-order valence-corrected chi connectivity index (χ1v) is 7.35. The van der Waals surface area contributed by atoms with Crippen molar-refractivity contribution in [3.63, 3.8) is 0 Å². The van der Waals surface area contributed by atoms with Crippen LogP contribution in [-0.2, 0) is 0 Å². The summed E-state index contributed by atoms with van der Waals surface area (Å²) in [5.74, 6) is 1.21. The highest BCUT2D eigenvalue weighted by atomic mass is 35.5. The molecule has 2 aromatic carbocycles. The van der Waals surface area contributed by atoms with Gasteiger partial charge in [0.1, 0.15) is 0 Å². The second-order valence-corrected chi connectivity index (χ2v) is 5.78. The van der Waals surface area contributed by atoms with E-state index in [2.05, 4.69) is 56.3 Å². The van der Waals surface area contributed by atoms with Crippen LogP contribution in [0.4, 0.5) is 0 Å². The van der Waals surface area contributed by atoms with Gasteiger partial charge in [-0.3, -0.25) is 0 Å². The molecule has 0 bridgehead atoms. The van der Waals surface area contributed by atoms with Gasteiger partial charge in [0.05, 0.1) is 0 Å². The number of benzene rings is 2. The van der Waals surface area contributed by atoms with Crippen LogP contribution < -0.4 is 0 Å². The average molecular weight is 273 g/mol. The molecule has 0 aliphatic carbocycles. The van der Waals surface area contributed by atoms with Gasteiger partial charge in [-0.1, -0.05) is 67.9 Å². The maximum absolute atomic E-state index is 5.92. The largest absolute Gasteiger partial charge is 0.0843 e. The van der Waals surface area contributed by atoms with Gasteiger partial charge in [0, 0.05) is 5.02 Å². The topological polar surface area (TPSA) is 0 Å². The molecule has 0 spiro atoms. The van der Waals surface area contributed by atoms with E-state index in [1.165, 1.54) is 24.0 Å². The van der Waals surface area contributed by atoms with Gasteiger partial charge < -0.3 is 0 Å². The summed E-state index contributed by atoms with van der Waals surface area (Å²) in [6.45, 7) is 4.60. The van der Waals surface area contributed by atoms with Crippen molar-refractivity contribution in [1.82, 2.24) is 0 Å². The lowest BCUT2D eigenvalue weighted by Crippen LogP contribution is -1.98. The smallest absolute Gasteiger partial charge is 0.0406 e. The molecule has 0 amide bonds. The lowest BCUT2D eigenvalue weighted by Gasteiger charge is -2.16. The van der Waals surface area contributed by atoms with E-state index in [0.29, 0.717) is 11.8 Å². The molecular formula is C18H21Cl. The van der Waals surface area contributed by atoms with Gasteiger partial charge in [-0.25, -0.2) is 0 Å². The molecule has 2 aromatic rings. The van der Waals surface area contributed by atoms with Gasteiger partial charge in [-0.15, -0.1) is 0 Å². The van der Waals surface area contributed by atoms with Crippen LogP contribution in [-0.4, -0.2) is 0 Å². The molecule has 1 heteroatoms. The standard InChI is InChI=1S/C18H21Cl/c1-14(16-6-4-3-5-7-16)8-9-15(2)17-10-12-18(19)13-11-17/h3-7,10-15H,8-9H2,1-2H3. The molecule has 0 N–H and O–H groups in total. The van der Waals surface area contributed by atoms with Crippen molar-refractivity contribution >= 4 is 11.6 Å². The molecule has 0 nitrogen and oxygen atoms in total. The summed E-state index contributed by atoms with van der Waals surface area (Å²) in [4.78, 5) is 0. The molecule has 0 saturated carbocycles. The van der Waals surface area contributed by atoms with Gasteiger partial charge in [-0.05, 0) is 47.9 Å². The van der Waals surface area contributed by atoms with Gasteiger partial charge in [0.25, 0.3) is 0 Å². The van der Waals surface area contributed by atoms with E-state index >= 15 is 0 Å². The third-order valence-electron chi connectivity index (χ3n) is 3.84. The third-order valence-corrected chi connectivity index (χ3v) is 4.09. The van der Waals surface area contributed by atoms with Crippen molar-refractivity contribution in [3.05, 3.63) is 70.7 Å². The Labute approximate surface area is 121 Å². The summed E-state index contributed by atoms with van der Waals surface area (Å²) in [5.41, 5.74) is 2.82. The minimum absolute atomic E-state index is 0.587. The molecule has 0 saturated heterocycles. The fourth-order valence-electron chi connectivity index (χ4n) is 2.41. The van der Waals surface area contributed by atoms with Gasteiger partial charge in [-0.2, -0.15) is 0 Å². The van der Waals surface area contributed by atoms with Crippen LogP contribution in [0.5, 0.6) is 0 Å². The highest BCUT2D eigenvalue weighted by Gasteiger charge is 2.10. The Kier molecular flexibility index (Phi) is 5.04. The Hall–Kier alpha value is -1.27. The maximum Gasteiger partial charge on any atom is 0.0406 e. The van der Waals surface area contributed by atoms with E-state index in [1.54, 1.807) is 0 Å². The van der Waals surface area contributed by atoms with Gasteiger partial charge in [0.2, 0.25) is 0 Å². The molecule has 2 rings (SSSR count). The highest BCUT2D eigenvalue weighted by Crippen LogP contribution is 2.28. The molecule has 2 unspecified atom stereocenters. The van der Waals surface area contributed by atoms with Crippen LogP contribution in [0.15, 0.2) is 54.6 Å². The fourth-order valence-corrected chi connectivity index (χ4v) is 2.53. The first kappa shape index (κ1) is 14.1. The van der Waals surface area contributed by atoms with Crippen molar-refractivity contribution in [2.24, 2.45) is 0 Å². The van der Waals surface area contributed by atoms with E-state index in [0.717, 1.165) is 5.02 Å². The quantitative estimate of drug-likeness (QED) is 0.624. The predicted molar refractivity (Wildman–Crippen MR) is 84.0 cm³/mol. The number of hydrogen-bond donors (Lipinski definition) is 0. The van der Waals surface area contributed by atoms with Crippen molar-refractivity contribution in [3.8, 4) is 0 Å². The van der Waals surface area contributed by atoms with Gasteiger partial charge >= 0.3 is 0 Å².